The van der Waals surface area contributed by atoms with E-state index in [9.17, 15) is 5.11 Å². The van der Waals surface area contributed by atoms with Crippen molar-refractivity contribution in [2.75, 3.05) is 0 Å². The number of aliphatic hydroxyl groups is 1. The normalized spacial score (nSPS) is 15.8. The monoisotopic (exact) mass is 273 g/mol. The van der Waals surface area contributed by atoms with Crippen molar-refractivity contribution in [1.82, 2.24) is 0 Å². The van der Waals surface area contributed by atoms with Gasteiger partial charge in [0.2, 0.25) is 0 Å². The lowest BCUT2D eigenvalue weighted by Gasteiger charge is -2.29. The molecule has 0 spiro atoms. The van der Waals surface area contributed by atoms with E-state index in [2.05, 4.69) is 13.8 Å². The maximum absolute atomic E-state index is 9.56. The first-order valence-electron chi connectivity index (χ1n) is 4.09. The largest absolute Gasteiger partial charge is 0.376 e. The van der Waals surface area contributed by atoms with E-state index >= 15 is 0 Å². The van der Waals surface area contributed by atoms with Gasteiger partial charge in [0, 0.05) is 5.92 Å². The molecule has 0 saturated carbocycles. The molecule has 1 unspecified atom stereocenters. The molecule has 3 N–H and O–H groups in total. The highest BCUT2D eigenvalue weighted by Crippen LogP contribution is 2.21. The first kappa shape index (κ1) is 14.2. The maximum Gasteiger partial charge on any atom is 0.116 e. The van der Waals surface area contributed by atoms with Crippen LogP contribution in [0.2, 0.25) is 0 Å². The second kappa shape index (κ2) is 6.20. The van der Waals surface area contributed by atoms with Crippen LogP contribution in [0.5, 0.6) is 0 Å². The van der Waals surface area contributed by atoms with Crippen LogP contribution in [0.25, 0.3) is 0 Å². The summed E-state index contributed by atoms with van der Waals surface area (Å²) in [6, 6.07) is 0. The Hall–Kier alpha value is 0.650. The van der Waals surface area contributed by atoms with Gasteiger partial charge in [-0.3, -0.25) is 0 Å². The zero-order chi connectivity index (χ0) is 8.20. The summed E-state index contributed by atoms with van der Waals surface area (Å²) in [5.74, 6) is 0.248. The quantitative estimate of drug-likeness (QED) is 0.608. The van der Waals surface area contributed by atoms with E-state index in [0.29, 0.717) is 6.42 Å². The molecule has 0 aromatic rings. The average Bonchev–Trinajstić information content (AvgIpc) is 1.90. The standard InChI is InChI=1S/C8H19NO.HI/c1-4-7(5-2)8(9,10)6-3;/h7,10H,4-6,9H2,1-3H3;1H. The van der Waals surface area contributed by atoms with E-state index in [1.165, 1.54) is 0 Å². The third kappa shape index (κ3) is 4.28. The fourth-order valence-corrected chi connectivity index (χ4v) is 1.28. The molecule has 70 valence electrons. The Bertz CT molecular complexity index is 92.1. The van der Waals surface area contributed by atoms with Gasteiger partial charge in [-0.25, -0.2) is 0 Å². The summed E-state index contributed by atoms with van der Waals surface area (Å²) in [6.07, 6.45) is 2.55. The third-order valence-corrected chi connectivity index (χ3v) is 2.26. The van der Waals surface area contributed by atoms with Crippen molar-refractivity contribution >= 4 is 24.0 Å². The minimum atomic E-state index is -0.941. The lowest BCUT2D eigenvalue weighted by Crippen LogP contribution is -2.46. The molecule has 0 bridgehead atoms. The lowest BCUT2D eigenvalue weighted by molar-refractivity contribution is -0.0198. The van der Waals surface area contributed by atoms with Gasteiger partial charge in [0.05, 0.1) is 0 Å². The van der Waals surface area contributed by atoms with Crippen LogP contribution < -0.4 is 5.73 Å². The van der Waals surface area contributed by atoms with E-state index in [-0.39, 0.29) is 29.9 Å². The van der Waals surface area contributed by atoms with Gasteiger partial charge in [0.25, 0.3) is 0 Å². The first-order valence-corrected chi connectivity index (χ1v) is 4.09. The molecule has 0 aliphatic rings. The Balaban J connectivity index is 0. The first-order chi connectivity index (χ1) is 4.58. The zero-order valence-corrected chi connectivity index (χ0v) is 9.96. The van der Waals surface area contributed by atoms with E-state index in [1.807, 2.05) is 6.92 Å². The highest BCUT2D eigenvalue weighted by molar-refractivity contribution is 14.0. The summed E-state index contributed by atoms with van der Waals surface area (Å²) in [7, 11) is 0. The van der Waals surface area contributed by atoms with Gasteiger partial charge >= 0.3 is 0 Å². The molecule has 3 heteroatoms. The van der Waals surface area contributed by atoms with Crippen LogP contribution >= 0.6 is 24.0 Å². The molecule has 0 radical (unpaired) electrons. The van der Waals surface area contributed by atoms with Crippen LogP contribution in [0.3, 0.4) is 0 Å². The Labute approximate surface area is 86.6 Å². The predicted molar refractivity (Wildman–Crippen MR) is 58.9 cm³/mol. The van der Waals surface area contributed by atoms with Gasteiger partial charge in [-0.05, 0) is 19.3 Å². The molecule has 1 atom stereocenters. The SMILES string of the molecule is CCC(CC)C(N)(O)CC.I. The molecular formula is C8H20INO. The Morgan fingerprint density at radius 2 is 1.64 bits per heavy atom. The Kier molecular flexibility index (Phi) is 7.99. The van der Waals surface area contributed by atoms with Crippen LogP contribution in [-0.4, -0.2) is 10.8 Å². The van der Waals surface area contributed by atoms with Gasteiger partial charge < -0.3 is 10.8 Å². The van der Waals surface area contributed by atoms with Crippen molar-refractivity contribution in [3.8, 4) is 0 Å². The van der Waals surface area contributed by atoms with E-state index < -0.39 is 5.72 Å². The molecule has 0 aromatic carbocycles. The summed E-state index contributed by atoms with van der Waals surface area (Å²) in [6.45, 7) is 6.03. The minimum Gasteiger partial charge on any atom is -0.376 e. The van der Waals surface area contributed by atoms with Crippen LogP contribution in [0, 0.1) is 5.92 Å². The van der Waals surface area contributed by atoms with Crippen molar-refractivity contribution in [2.24, 2.45) is 11.7 Å². The van der Waals surface area contributed by atoms with Crippen LogP contribution in [-0.2, 0) is 0 Å². The topological polar surface area (TPSA) is 46.2 Å². The molecule has 0 fully saturated rings. The van der Waals surface area contributed by atoms with Crippen LogP contribution in [0.4, 0.5) is 0 Å². The molecule has 0 aliphatic heterocycles. The van der Waals surface area contributed by atoms with Crippen molar-refractivity contribution in [2.45, 2.75) is 45.8 Å². The van der Waals surface area contributed by atoms with Crippen molar-refractivity contribution in [1.29, 1.82) is 0 Å². The molecule has 11 heavy (non-hydrogen) atoms. The molecule has 0 amide bonds. The molecule has 0 rings (SSSR count). The van der Waals surface area contributed by atoms with Crippen LogP contribution in [0.1, 0.15) is 40.0 Å². The molecule has 0 saturated heterocycles. The zero-order valence-electron chi connectivity index (χ0n) is 7.63. The number of hydrogen-bond acceptors (Lipinski definition) is 2. The van der Waals surface area contributed by atoms with Crippen molar-refractivity contribution in [3.05, 3.63) is 0 Å². The summed E-state index contributed by atoms with van der Waals surface area (Å²) in [4.78, 5) is 0. The fraction of sp³-hybridized carbons (Fsp3) is 1.00. The number of halogens is 1. The Morgan fingerprint density at radius 1 is 1.27 bits per heavy atom. The summed E-state index contributed by atoms with van der Waals surface area (Å²) in [5.41, 5.74) is 4.70. The van der Waals surface area contributed by atoms with Crippen molar-refractivity contribution < 1.29 is 5.11 Å². The van der Waals surface area contributed by atoms with Gasteiger partial charge in [-0.1, -0.05) is 20.8 Å². The van der Waals surface area contributed by atoms with Gasteiger partial charge in [0.15, 0.2) is 0 Å². The summed E-state index contributed by atoms with van der Waals surface area (Å²) in [5, 5.41) is 9.56. The summed E-state index contributed by atoms with van der Waals surface area (Å²) >= 11 is 0. The van der Waals surface area contributed by atoms with Crippen molar-refractivity contribution in [3.63, 3.8) is 0 Å². The molecular weight excluding hydrogens is 253 g/mol. The number of hydrogen-bond donors (Lipinski definition) is 2. The highest BCUT2D eigenvalue weighted by atomic mass is 127. The Morgan fingerprint density at radius 3 is 1.73 bits per heavy atom. The smallest absolute Gasteiger partial charge is 0.116 e. The lowest BCUT2D eigenvalue weighted by atomic mass is 9.89. The fourth-order valence-electron chi connectivity index (χ4n) is 1.28. The predicted octanol–water partition coefficient (Wildman–Crippen LogP) is 2.10. The average molecular weight is 273 g/mol. The second-order valence-electron chi connectivity index (χ2n) is 2.86. The maximum atomic E-state index is 9.56. The molecule has 0 aromatic heterocycles. The number of nitrogens with two attached hydrogens (primary N) is 1. The minimum absolute atomic E-state index is 0. The molecule has 2 nitrogen and oxygen atoms in total. The summed E-state index contributed by atoms with van der Waals surface area (Å²) < 4.78 is 0. The van der Waals surface area contributed by atoms with E-state index in [4.69, 9.17) is 5.73 Å². The van der Waals surface area contributed by atoms with Gasteiger partial charge in [-0.2, -0.15) is 0 Å². The van der Waals surface area contributed by atoms with Crippen LogP contribution in [0.15, 0.2) is 0 Å². The van der Waals surface area contributed by atoms with E-state index in [0.717, 1.165) is 12.8 Å². The molecule has 0 aliphatic carbocycles. The third-order valence-electron chi connectivity index (χ3n) is 2.26. The van der Waals surface area contributed by atoms with E-state index in [1.54, 1.807) is 0 Å². The highest BCUT2D eigenvalue weighted by Gasteiger charge is 2.27. The van der Waals surface area contributed by atoms with Gasteiger partial charge in [-0.15, -0.1) is 24.0 Å². The number of rotatable bonds is 4. The molecule has 0 heterocycles. The van der Waals surface area contributed by atoms with Gasteiger partial charge in [0.1, 0.15) is 5.72 Å². The second-order valence-corrected chi connectivity index (χ2v) is 2.86.